The number of nitrogens with two attached hydrogens (primary N) is 1. The number of carbonyl (C=O) groups excluding carboxylic acids is 3. The van der Waals surface area contributed by atoms with Crippen molar-refractivity contribution < 1.29 is 19.1 Å². The third kappa shape index (κ3) is 8.15. The van der Waals surface area contributed by atoms with Gasteiger partial charge in [-0.2, -0.15) is 0 Å². The van der Waals surface area contributed by atoms with E-state index < -0.39 is 11.5 Å². The lowest BCUT2D eigenvalue weighted by molar-refractivity contribution is -0.136. The largest absolute Gasteiger partial charge is 0.444 e. The van der Waals surface area contributed by atoms with Crippen LogP contribution in [0.15, 0.2) is 30.3 Å². The van der Waals surface area contributed by atoms with E-state index in [2.05, 4.69) is 17.0 Å². The standard InChI is InChI=1S/C24H38N4O4/c1-18(2)28(22(30)12-11-21(25)29)17-20-16-26(15-19-9-7-6-8-10-19)13-14-27(20)23(31)32-24(3,4)5/h6-10,18,20H,11-17H2,1-5H3,(H2,25,29)/t20-/m0/s1. The molecule has 1 aromatic rings. The van der Waals surface area contributed by atoms with Gasteiger partial charge in [0.25, 0.3) is 0 Å². The van der Waals surface area contributed by atoms with Gasteiger partial charge in [-0.25, -0.2) is 4.79 Å². The summed E-state index contributed by atoms with van der Waals surface area (Å²) in [6.45, 7) is 12.4. The molecule has 0 bridgehead atoms. The molecule has 1 saturated heterocycles. The molecular weight excluding hydrogens is 408 g/mol. The number of nitrogens with zero attached hydrogens (tertiary/aromatic N) is 3. The molecule has 32 heavy (non-hydrogen) atoms. The Hall–Kier alpha value is -2.61. The maximum absolute atomic E-state index is 12.9. The summed E-state index contributed by atoms with van der Waals surface area (Å²) in [5.41, 5.74) is 5.83. The number of rotatable bonds is 8. The molecule has 0 aliphatic carbocycles. The van der Waals surface area contributed by atoms with Crippen molar-refractivity contribution in [3.63, 3.8) is 0 Å². The Kier molecular flexibility index (Phi) is 9.07. The summed E-state index contributed by atoms with van der Waals surface area (Å²) in [6, 6.07) is 9.91. The fourth-order valence-electron chi connectivity index (χ4n) is 3.82. The highest BCUT2D eigenvalue weighted by atomic mass is 16.6. The van der Waals surface area contributed by atoms with E-state index in [9.17, 15) is 14.4 Å². The summed E-state index contributed by atoms with van der Waals surface area (Å²) in [4.78, 5) is 42.7. The number of carbonyl (C=O) groups is 3. The normalized spacial score (nSPS) is 17.3. The van der Waals surface area contributed by atoms with Crippen molar-refractivity contribution in [1.29, 1.82) is 0 Å². The molecule has 2 rings (SSSR count). The molecule has 8 nitrogen and oxygen atoms in total. The van der Waals surface area contributed by atoms with Crippen LogP contribution in [0.2, 0.25) is 0 Å². The van der Waals surface area contributed by atoms with Gasteiger partial charge in [0.05, 0.1) is 6.04 Å². The monoisotopic (exact) mass is 446 g/mol. The van der Waals surface area contributed by atoms with Crippen molar-refractivity contribution in [1.82, 2.24) is 14.7 Å². The van der Waals surface area contributed by atoms with Crippen LogP contribution in [0.4, 0.5) is 4.79 Å². The lowest BCUT2D eigenvalue weighted by Gasteiger charge is -2.44. The molecule has 0 aromatic heterocycles. The molecule has 1 atom stereocenters. The molecule has 0 saturated carbocycles. The Morgan fingerprint density at radius 1 is 1.12 bits per heavy atom. The Balaban J connectivity index is 2.18. The number of hydrogen-bond donors (Lipinski definition) is 1. The summed E-state index contributed by atoms with van der Waals surface area (Å²) in [7, 11) is 0. The number of ether oxygens (including phenoxy) is 1. The van der Waals surface area contributed by atoms with Crippen LogP contribution in [-0.2, 0) is 20.9 Å². The smallest absolute Gasteiger partial charge is 0.410 e. The van der Waals surface area contributed by atoms with Crippen molar-refractivity contribution in [2.24, 2.45) is 5.73 Å². The lowest BCUT2D eigenvalue weighted by Crippen LogP contribution is -2.60. The molecule has 2 N–H and O–H groups in total. The fraction of sp³-hybridized carbons (Fsp3) is 0.625. The Bertz CT molecular complexity index is 776. The minimum absolute atomic E-state index is 0.0165. The number of hydrogen-bond acceptors (Lipinski definition) is 5. The van der Waals surface area contributed by atoms with Crippen molar-refractivity contribution in [2.45, 2.75) is 71.7 Å². The van der Waals surface area contributed by atoms with E-state index in [-0.39, 0.29) is 36.9 Å². The fourth-order valence-corrected chi connectivity index (χ4v) is 3.82. The van der Waals surface area contributed by atoms with Crippen molar-refractivity contribution in [2.75, 3.05) is 26.2 Å². The predicted octanol–water partition coefficient (Wildman–Crippen LogP) is 2.61. The number of piperazine rings is 1. The van der Waals surface area contributed by atoms with Crippen molar-refractivity contribution >= 4 is 17.9 Å². The van der Waals surface area contributed by atoms with E-state index in [0.717, 1.165) is 13.1 Å². The first kappa shape index (κ1) is 25.6. The highest BCUT2D eigenvalue weighted by Crippen LogP contribution is 2.20. The molecule has 0 spiro atoms. The average Bonchev–Trinajstić information content (AvgIpc) is 2.69. The van der Waals surface area contributed by atoms with Crippen LogP contribution in [0.3, 0.4) is 0 Å². The molecule has 3 amide bonds. The third-order valence-corrected chi connectivity index (χ3v) is 5.38. The van der Waals surface area contributed by atoms with Crippen LogP contribution in [0.1, 0.15) is 53.0 Å². The molecule has 1 fully saturated rings. The van der Waals surface area contributed by atoms with Gasteiger partial charge < -0.3 is 20.3 Å². The first-order valence-electron chi connectivity index (χ1n) is 11.3. The topological polar surface area (TPSA) is 96.2 Å². The minimum Gasteiger partial charge on any atom is -0.444 e. The van der Waals surface area contributed by atoms with Crippen LogP contribution in [0.25, 0.3) is 0 Å². The van der Waals surface area contributed by atoms with Crippen molar-refractivity contribution in [3.05, 3.63) is 35.9 Å². The van der Waals surface area contributed by atoms with Crippen LogP contribution in [-0.4, -0.2) is 76.5 Å². The first-order valence-corrected chi connectivity index (χ1v) is 11.3. The molecule has 1 aliphatic heterocycles. The second-order valence-electron chi connectivity index (χ2n) is 9.65. The van der Waals surface area contributed by atoms with Gasteiger partial charge in [0.2, 0.25) is 11.8 Å². The second kappa shape index (κ2) is 11.3. The Labute approximate surface area is 191 Å². The van der Waals surface area contributed by atoms with Gasteiger partial charge in [0, 0.05) is 51.6 Å². The lowest BCUT2D eigenvalue weighted by atomic mass is 10.1. The summed E-state index contributed by atoms with van der Waals surface area (Å²) in [5.74, 6) is -0.632. The number of primary amides is 1. The van der Waals surface area contributed by atoms with Gasteiger partial charge in [-0.15, -0.1) is 0 Å². The van der Waals surface area contributed by atoms with E-state index in [1.807, 2.05) is 52.8 Å². The molecule has 1 heterocycles. The van der Waals surface area contributed by atoms with E-state index >= 15 is 0 Å². The second-order valence-corrected chi connectivity index (χ2v) is 9.65. The van der Waals surface area contributed by atoms with E-state index in [1.54, 1.807) is 9.80 Å². The Morgan fingerprint density at radius 2 is 1.78 bits per heavy atom. The highest BCUT2D eigenvalue weighted by molar-refractivity contribution is 5.83. The summed E-state index contributed by atoms with van der Waals surface area (Å²) in [6.07, 6.45) is -0.279. The third-order valence-electron chi connectivity index (χ3n) is 5.38. The van der Waals surface area contributed by atoms with E-state index in [1.165, 1.54) is 5.56 Å². The Morgan fingerprint density at radius 3 is 2.34 bits per heavy atom. The molecular formula is C24H38N4O4. The van der Waals surface area contributed by atoms with Crippen LogP contribution in [0, 0.1) is 0 Å². The zero-order valence-corrected chi connectivity index (χ0v) is 20.0. The van der Waals surface area contributed by atoms with Gasteiger partial charge in [0.15, 0.2) is 0 Å². The molecule has 1 aromatic carbocycles. The number of amides is 3. The summed E-state index contributed by atoms with van der Waals surface area (Å²) in [5, 5.41) is 0. The maximum Gasteiger partial charge on any atom is 0.410 e. The maximum atomic E-state index is 12.9. The summed E-state index contributed by atoms with van der Waals surface area (Å²) >= 11 is 0. The molecule has 0 unspecified atom stereocenters. The summed E-state index contributed by atoms with van der Waals surface area (Å²) < 4.78 is 5.65. The molecule has 1 aliphatic rings. The van der Waals surface area contributed by atoms with Crippen LogP contribution >= 0.6 is 0 Å². The molecule has 178 valence electrons. The van der Waals surface area contributed by atoms with Gasteiger partial charge in [-0.1, -0.05) is 30.3 Å². The minimum atomic E-state index is -0.599. The zero-order valence-electron chi connectivity index (χ0n) is 20.0. The van der Waals surface area contributed by atoms with Gasteiger partial charge in [-0.05, 0) is 40.2 Å². The van der Waals surface area contributed by atoms with E-state index in [0.29, 0.717) is 19.6 Å². The van der Waals surface area contributed by atoms with E-state index in [4.69, 9.17) is 10.5 Å². The quantitative estimate of drug-likeness (QED) is 0.662. The average molecular weight is 447 g/mol. The van der Waals surface area contributed by atoms with Crippen LogP contribution in [0.5, 0.6) is 0 Å². The highest BCUT2D eigenvalue weighted by Gasteiger charge is 2.35. The molecule has 0 radical (unpaired) electrons. The van der Waals surface area contributed by atoms with Gasteiger partial charge >= 0.3 is 6.09 Å². The zero-order chi connectivity index (χ0) is 23.9. The SMILES string of the molecule is CC(C)N(C[C@@H]1CN(Cc2ccccc2)CCN1C(=O)OC(C)(C)C)C(=O)CCC(N)=O. The molecule has 8 heteroatoms. The van der Waals surface area contributed by atoms with Crippen LogP contribution < -0.4 is 5.73 Å². The number of benzene rings is 1. The van der Waals surface area contributed by atoms with Crippen molar-refractivity contribution in [3.8, 4) is 0 Å². The van der Waals surface area contributed by atoms with Gasteiger partial charge in [-0.3, -0.25) is 14.5 Å². The predicted molar refractivity (Wildman–Crippen MR) is 124 cm³/mol. The van der Waals surface area contributed by atoms with Gasteiger partial charge in [0.1, 0.15) is 5.60 Å². The first-order chi connectivity index (χ1) is 15.0.